The van der Waals surface area contributed by atoms with Gasteiger partial charge in [-0.2, -0.15) is 0 Å². The van der Waals surface area contributed by atoms with Gasteiger partial charge in [0.25, 0.3) is 0 Å². The summed E-state index contributed by atoms with van der Waals surface area (Å²) in [7, 11) is 0. The lowest BCUT2D eigenvalue weighted by atomic mass is 9.93. The number of likely N-dealkylation sites (tertiary alicyclic amines) is 1. The second-order valence-electron chi connectivity index (χ2n) is 4.70. The van der Waals surface area contributed by atoms with Crippen LogP contribution in [0.2, 0.25) is 0 Å². The lowest BCUT2D eigenvalue weighted by Gasteiger charge is -2.32. The van der Waals surface area contributed by atoms with Gasteiger partial charge in [0.1, 0.15) is 5.54 Å². The molecule has 1 aliphatic rings. The van der Waals surface area contributed by atoms with Crippen molar-refractivity contribution in [3.8, 4) is 0 Å². The number of carbonyl (C=O) groups is 2. The van der Waals surface area contributed by atoms with Gasteiger partial charge in [0.15, 0.2) is 0 Å². The van der Waals surface area contributed by atoms with Crippen molar-refractivity contribution in [2.45, 2.75) is 51.1 Å². The van der Waals surface area contributed by atoms with Gasteiger partial charge in [0, 0.05) is 6.54 Å². The number of amides is 2. The van der Waals surface area contributed by atoms with E-state index in [9.17, 15) is 14.7 Å². The van der Waals surface area contributed by atoms with Crippen LogP contribution in [0.1, 0.15) is 39.5 Å². The summed E-state index contributed by atoms with van der Waals surface area (Å²) in [4.78, 5) is 24.9. The number of hydrogen-bond acceptors (Lipinski definition) is 3. The maximum atomic E-state index is 12.1. The molecule has 6 nitrogen and oxygen atoms in total. The van der Waals surface area contributed by atoms with Crippen LogP contribution in [0.5, 0.6) is 0 Å². The number of nitrogens with one attached hydrogen (secondary N) is 1. The van der Waals surface area contributed by atoms with Crippen LogP contribution in [-0.4, -0.2) is 51.8 Å². The normalized spacial score (nSPS) is 19.9. The van der Waals surface area contributed by atoms with Crippen molar-refractivity contribution in [2.75, 3.05) is 13.2 Å². The van der Waals surface area contributed by atoms with Crippen molar-refractivity contribution in [1.29, 1.82) is 0 Å². The average molecular weight is 258 g/mol. The molecule has 0 saturated carbocycles. The van der Waals surface area contributed by atoms with Crippen molar-refractivity contribution in [2.24, 2.45) is 0 Å². The highest BCUT2D eigenvalue weighted by Crippen LogP contribution is 2.20. The highest BCUT2D eigenvalue weighted by atomic mass is 16.4. The van der Waals surface area contributed by atoms with E-state index in [1.165, 1.54) is 4.90 Å². The Morgan fingerprint density at radius 1 is 1.39 bits per heavy atom. The van der Waals surface area contributed by atoms with Crippen molar-refractivity contribution in [1.82, 2.24) is 10.2 Å². The Balaban J connectivity index is 2.75. The molecular weight excluding hydrogens is 236 g/mol. The van der Waals surface area contributed by atoms with Gasteiger partial charge < -0.3 is 20.4 Å². The Hall–Kier alpha value is -1.30. The van der Waals surface area contributed by atoms with E-state index in [1.54, 1.807) is 13.8 Å². The molecule has 0 aliphatic carbocycles. The van der Waals surface area contributed by atoms with E-state index in [0.717, 1.165) is 12.8 Å². The molecule has 104 valence electrons. The lowest BCUT2D eigenvalue weighted by Crippen LogP contribution is -2.58. The van der Waals surface area contributed by atoms with Crippen LogP contribution < -0.4 is 5.32 Å². The number of carboxylic acids is 1. The Morgan fingerprint density at radius 2 is 2.00 bits per heavy atom. The zero-order valence-corrected chi connectivity index (χ0v) is 11.0. The summed E-state index contributed by atoms with van der Waals surface area (Å²) in [6.07, 6.45) is 2.28. The first kappa shape index (κ1) is 14.8. The summed E-state index contributed by atoms with van der Waals surface area (Å²) in [5.74, 6) is -1.01. The van der Waals surface area contributed by atoms with Gasteiger partial charge in [0.2, 0.25) is 0 Å². The van der Waals surface area contributed by atoms with Crippen LogP contribution in [0.15, 0.2) is 0 Å². The molecule has 1 aliphatic heterocycles. The van der Waals surface area contributed by atoms with Crippen LogP contribution in [0.25, 0.3) is 0 Å². The molecule has 0 radical (unpaired) electrons. The Morgan fingerprint density at radius 3 is 2.44 bits per heavy atom. The summed E-state index contributed by atoms with van der Waals surface area (Å²) in [6, 6.07) is -0.581. The molecular formula is C12H22N2O4. The second-order valence-corrected chi connectivity index (χ2v) is 4.70. The number of aliphatic carboxylic acids is 1. The first-order valence-electron chi connectivity index (χ1n) is 6.43. The van der Waals surface area contributed by atoms with Gasteiger partial charge in [0.05, 0.1) is 12.6 Å². The number of rotatable bonds is 5. The van der Waals surface area contributed by atoms with E-state index in [4.69, 9.17) is 5.11 Å². The van der Waals surface area contributed by atoms with E-state index in [-0.39, 0.29) is 12.6 Å². The predicted octanol–water partition coefficient (Wildman–Crippen LogP) is 0.796. The van der Waals surface area contributed by atoms with Crippen molar-refractivity contribution >= 4 is 12.0 Å². The van der Waals surface area contributed by atoms with Crippen molar-refractivity contribution in [3.05, 3.63) is 0 Å². The number of nitrogens with zero attached hydrogens (tertiary/aromatic N) is 1. The Kier molecular flexibility index (Phi) is 4.95. The van der Waals surface area contributed by atoms with Gasteiger partial charge in [-0.3, -0.25) is 0 Å². The van der Waals surface area contributed by atoms with Crippen molar-refractivity contribution in [3.63, 3.8) is 0 Å². The van der Waals surface area contributed by atoms with E-state index >= 15 is 0 Å². The van der Waals surface area contributed by atoms with Crippen LogP contribution >= 0.6 is 0 Å². The maximum absolute atomic E-state index is 12.1. The van der Waals surface area contributed by atoms with Gasteiger partial charge in [-0.15, -0.1) is 0 Å². The van der Waals surface area contributed by atoms with E-state index < -0.39 is 17.5 Å². The number of hydrogen-bond donors (Lipinski definition) is 3. The molecule has 1 rings (SSSR count). The zero-order chi connectivity index (χ0) is 13.8. The maximum Gasteiger partial charge on any atom is 0.329 e. The molecule has 1 unspecified atom stereocenters. The minimum Gasteiger partial charge on any atom is -0.480 e. The topological polar surface area (TPSA) is 89.9 Å². The third-order valence-electron chi connectivity index (χ3n) is 3.81. The van der Waals surface area contributed by atoms with Crippen LogP contribution in [0.4, 0.5) is 4.79 Å². The van der Waals surface area contributed by atoms with Gasteiger partial charge in [-0.05, 0) is 25.7 Å². The molecule has 1 heterocycles. The summed E-state index contributed by atoms with van der Waals surface area (Å²) < 4.78 is 0. The summed E-state index contributed by atoms with van der Waals surface area (Å²) in [5, 5.41) is 21.0. The lowest BCUT2D eigenvalue weighted by molar-refractivity contribution is -0.144. The van der Waals surface area contributed by atoms with Gasteiger partial charge in [-0.25, -0.2) is 9.59 Å². The predicted molar refractivity (Wildman–Crippen MR) is 66.3 cm³/mol. The standard InChI is InChI=1S/C12H22N2O4/c1-3-12(4-2,10(16)17)13-11(18)14-7-5-6-9(14)8-15/h9,15H,3-8H2,1-2H3,(H,13,18)(H,16,17). The SMILES string of the molecule is CCC(CC)(NC(=O)N1CCCC1CO)C(=O)O. The van der Waals surface area contributed by atoms with E-state index in [1.807, 2.05) is 0 Å². The molecule has 3 N–H and O–H groups in total. The Labute approximate surface area is 107 Å². The molecule has 0 aromatic carbocycles. The molecule has 0 aromatic heterocycles. The number of carboxylic acid groups (broad SMARTS) is 1. The van der Waals surface area contributed by atoms with E-state index in [0.29, 0.717) is 19.4 Å². The minimum absolute atomic E-state index is 0.0776. The molecule has 1 fully saturated rings. The molecule has 2 amide bonds. The van der Waals surface area contributed by atoms with Gasteiger partial charge in [-0.1, -0.05) is 13.8 Å². The minimum atomic E-state index is -1.21. The zero-order valence-electron chi connectivity index (χ0n) is 11.0. The fourth-order valence-corrected chi connectivity index (χ4v) is 2.35. The number of aliphatic hydroxyl groups is 1. The first-order chi connectivity index (χ1) is 8.50. The van der Waals surface area contributed by atoms with Crippen LogP contribution in [0.3, 0.4) is 0 Å². The largest absolute Gasteiger partial charge is 0.480 e. The quantitative estimate of drug-likeness (QED) is 0.680. The molecule has 0 aromatic rings. The van der Waals surface area contributed by atoms with E-state index in [2.05, 4.69) is 5.32 Å². The highest BCUT2D eigenvalue weighted by Gasteiger charge is 2.39. The van der Waals surface area contributed by atoms with Crippen LogP contribution in [-0.2, 0) is 4.79 Å². The molecule has 18 heavy (non-hydrogen) atoms. The summed E-state index contributed by atoms with van der Waals surface area (Å²) in [6.45, 7) is 3.97. The third kappa shape index (κ3) is 2.75. The smallest absolute Gasteiger partial charge is 0.329 e. The number of carbonyl (C=O) groups excluding carboxylic acids is 1. The highest BCUT2D eigenvalue weighted by molar-refractivity contribution is 5.86. The van der Waals surface area contributed by atoms with Gasteiger partial charge >= 0.3 is 12.0 Å². The third-order valence-corrected chi connectivity index (χ3v) is 3.81. The molecule has 0 spiro atoms. The number of aliphatic hydroxyl groups excluding tert-OH is 1. The molecule has 0 bridgehead atoms. The summed E-state index contributed by atoms with van der Waals surface area (Å²) in [5.41, 5.74) is -1.21. The Bertz CT molecular complexity index is 315. The van der Waals surface area contributed by atoms with Crippen LogP contribution in [0, 0.1) is 0 Å². The van der Waals surface area contributed by atoms with Crippen molar-refractivity contribution < 1.29 is 19.8 Å². The fraction of sp³-hybridized carbons (Fsp3) is 0.833. The molecule has 1 atom stereocenters. The molecule has 1 saturated heterocycles. The average Bonchev–Trinajstić information content (AvgIpc) is 2.83. The number of urea groups is 1. The monoisotopic (exact) mass is 258 g/mol. The molecule has 6 heteroatoms. The first-order valence-corrected chi connectivity index (χ1v) is 6.43. The fourth-order valence-electron chi connectivity index (χ4n) is 2.35. The summed E-state index contributed by atoms with van der Waals surface area (Å²) >= 11 is 0. The second kappa shape index (κ2) is 6.04.